The van der Waals surface area contributed by atoms with Crippen molar-refractivity contribution in [2.45, 2.75) is 50.9 Å². The quantitative estimate of drug-likeness (QED) is 0.578. The van der Waals surface area contributed by atoms with Crippen LogP contribution < -0.4 is 0 Å². The first-order valence-electron chi connectivity index (χ1n) is 5.81. The molecule has 0 heteroatoms. The molecule has 0 radical (unpaired) electrons. The molecule has 3 rings (SSSR count). The standard InChI is InChI=1S/C14H18/c1-14(2)9-8-11-7-6-10-4-3-5-12(14)13(10)11/h3-5,11H,6-9H2,1-2H3. The van der Waals surface area contributed by atoms with Crippen LogP contribution >= 0.6 is 0 Å². The summed E-state index contributed by atoms with van der Waals surface area (Å²) in [6.07, 6.45) is 5.51. The molecule has 0 saturated heterocycles. The largest absolute Gasteiger partial charge is 0.0617 e. The molecule has 0 saturated carbocycles. The minimum atomic E-state index is 0.423. The van der Waals surface area contributed by atoms with Crippen LogP contribution in [0.1, 0.15) is 55.7 Å². The lowest BCUT2D eigenvalue weighted by Crippen LogP contribution is -2.25. The predicted octanol–water partition coefficient (Wildman–Crippen LogP) is 3.79. The first-order chi connectivity index (χ1) is 6.68. The predicted molar refractivity (Wildman–Crippen MR) is 59.8 cm³/mol. The summed E-state index contributed by atoms with van der Waals surface area (Å²) in [5.74, 6) is 0.897. The third kappa shape index (κ3) is 1.00. The van der Waals surface area contributed by atoms with Crippen molar-refractivity contribution in [3.8, 4) is 0 Å². The van der Waals surface area contributed by atoms with E-state index in [0.717, 1.165) is 5.92 Å². The molecule has 0 aliphatic heterocycles. The molecule has 0 fully saturated rings. The Balaban J connectivity index is 2.25. The molecule has 14 heavy (non-hydrogen) atoms. The molecular formula is C14H18. The van der Waals surface area contributed by atoms with Gasteiger partial charge in [-0.25, -0.2) is 0 Å². The molecule has 1 unspecified atom stereocenters. The summed E-state index contributed by atoms with van der Waals surface area (Å²) >= 11 is 0. The van der Waals surface area contributed by atoms with Gasteiger partial charge in [-0.2, -0.15) is 0 Å². The van der Waals surface area contributed by atoms with E-state index in [1.54, 1.807) is 16.7 Å². The van der Waals surface area contributed by atoms with Gasteiger partial charge in [0, 0.05) is 0 Å². The third-order valence-electron chi connectivity index (χ3n) is 4.21. The molecule has 1 aromatic rings. The molecule has 0 amide bonds. The molecule has 0 spiro atoms. The lowest BCUT2D eigenvalue weighted by Gasteiger charge is -2.35. The Morgan fingerprint density at radius 1 is 1.21 bits per heavy atom. The van der Waals surface area contributed by atoms with Gasteiger partial charge in [0.2, 0.25) is 0 Å². The summed E-state index contributed by atoms with van der Waals surface area (Å²) in [6, 6.07) is 6.94. The van der Waals surface area contributed by atoms with Crippen molar-refractivity contribution in [3.05, 3.63) is 34.9 Å². The van der Waals surface area contributed by atoms with Gasteiger partial charge in [-0.15, -0.1) is 0 Å². The van der Waals surface area contributed by atoms with Crippen LogP contribution in [0.25, 0.3) is 0 Å². The lowest BCUT2D eigenvalue weighted by atomic mass is 9.69. The van der Waals surface area contributed by atoms with E-state index in [2.05, 4.69) is 32.0 Å². The Morgan fingerprint density at radius 2 is 2.07 bits per heavy atom. The fourth-order valence-electron chi connectivity index (χ4n) is 3.34. The Bertz CT molecular complexity index is 374. The highest BCUT2D eigenvalue weighted by Gasteiger charge is 2.36. The van der Waals surface area contributed by atoms with Crippen LogP contribution in [-0.4, -0.2) is 0 Å². The summed E-state index contributed by atoms with van der Waals surface area (Å²) < 4.78 is 0. The van der Waals surface area contributed by atoms with Crippen LogP contribution in [0.2, 0.25) is 0 Å². The molecular weight excluding hydrogens is 168 g/mol. The third-order valence-corrected chi connectivity index (χ3v) is 4.21. The maximum Gasteiger partial charge on any atom is -0.0100 e. The van der Waals surface area contributed by atoms with Gasteiger partial charge in [0.1, 0.15) is 0 Å². The Labute approximate surface area is 86.3 Å². The molecule has 2 aliphatic rings. The highest BCUT2D eigenvalue weighted by Crippen LogP contribution is 2.48. The number of rotatable bonds is 0. The molecule has 74 valence electrons. The maximum atomic E-state index is 2.40. The molecule has 0 heterocycles. The lowest BCUT2D eigenvalue weighted by molar-refractivity contribution is 0.394. The smallest absolute Gasteiger partial charge is 0.0100 e. The topological polar surface area (TPSA) is 0 Å². The van der Waals surface area contributed by atoms with Crippen molar-refractivity contribution in [2.24, 2.45) is 0 Å². The van der Waals surface area contributed by atoms with Gasteiger partial charge in [0.25, 0.3) is 0 Å². The Morgan fingerprint density at radius 3 is 2.93 bits per heavy atom. The second-order valence-electron chi connectivity index (χ2n) is 5.54. The summed E-state index contributed by atoms with van der Waals surface area (Å²) in [4.78, 5) is 0. The van der Waals surface area contributed by atoms with Gasteiger partial charge < -0.3 is 0 Å². The van der Waals surface area contributed by atoms with Crippen LogP contribution in [-0.2, 0) is 11.8 Å². The normalized spacial score (nSPS) is 27.4. The monoisotopic (exact) mass is 186 g/mol. The van der Waals surface area contributed by atoms with E-state index < -0.39 is 0 Å². The molecule has 0 bridgehead atoms. The molecule has 0 nitrogen and oxygen atoms in total. The van der Waals surface area contributed by atoms with Crippen molar-refractivity contribution in [3.63, 3.8) is 0 Å². The van der Waals surface area contributed by atoms with E-state index in [1.165, 1.54) is 25.7 Å². The van der Waals surface area contributed by atoms with Gasteiger partial charge in [0.05, 0.1) is 0 Å². The van der Waals surface area contributed by atoms with Crippen molar-refractivity contribution in [1.29, 1.82) is 0 Å². The van der Waals surface area contributed by atoms with Crippen LogP contribution in [0, 0.1) is 0 Å². The summed E-state index contributed by atoms with van der Waals surface area (Å²) in [6.45, 7) is 4.80. The van der Waals surface area contributed by atoms with Crippen LogP contribution in [0.15, 0.2) is 18.2 Å². The highest BCUT2D eigenvalue weighted by molar-refractivity contribution is 5.46. The Kier molecular flexibility index (Phi) is 1.60. The first-order valence-corrected chi connectivity index (χ1v) is 5.81. The van der Waals surface area contributed by atoms with Crippen molar-refractivity contribution in [1.82, 2.24) is 0 Å². The van der Waals surface area contributed by atoms with E-state index in [4.69, 9.17) is 0 Å². The first kappa shape index (κ1) is 8.52. The molecule has 1 atom stereocenters. The average Bonchev–Trinajstić information content (AvgIpc) is 2.57. The van der Waals surface area contributed by atoms with Crippen molar-refractivity contribution in [2.75, 3.05) is 0 Å². The van der Waals surface area contributed by atoms with Gasteiger partial charge in [-0.3, -0.25) is 0 Å². The van der Waals surface area contributed by atoms with Crippen molar-refractivity contribution >= 4 is 0 Å². The average molecular weight is 186 g/mol. The highest BCUT2D eigenvalue weighted by atomic mass is 14.4. The van der Waals surface area contributed by atoms with E-state index in [-0.39, 0.29) is 0 Å². The van der Waals surface area contributed by atoms with Crippen LogP contribution in [0.5, 0.6) is 0 Å². The van der Waals surface area contributed by atoms with E-state index in [9.17, 15) is 0 Å². The fraction of sp³-hybridized carbons (Fsp3) is 0.571. The number of aryl methyl sites for hydroxylation is 1. The summed E-state index contributed by atoms with van der Waals surface area (Å²) in [5.41, 5.74) is 5.43. The van der Waals surface area contributed by atoms with Crippen molar-refractivity contribution < 1.29 is 0 Å². The minimum Gasteiger partial charge on any atom is -0.0617 e. The van der Waals surface area contributed by atoms with E-state index in [1.807, 2.05) is 0 Å². The SMILES string of the molecule is CC1(C)CCC2CCc3cccc1c32. The van der Waals surface area contributed by atoms with Gasteiger partial charge in [0.15, 0.2) is 0 Å². The van der Waals surface area contributed by atoms with E-state index in [0.29, 0.717) is 5.41 Å². The summed E-state index contributed by atoms with van der Waals surface area (Å²) in [5, 5.41) is 0. The zero-order valence-corrected chi connectivity index (χ0v) is 9.14. The fourth-order valence-corrected chi connectivity index (χ4v) is 3.34. The van der Waals surface area contributed by atoms with Gasteiger partial charge >= 0.3 is 0 Å². The second kappa shape index (κ2) is 2.62. The zero-order valence-electron chi connectivity index (χ0n) is 9.14. The van der Waals surface area contributed by atoms with E-state index >= 15 is 0 Å². The number of hydrogen-bond donors (Lipinski definition) is 0. The Hall–Kier alpha value is -0.780. The minimum absolute atomic E-state index is 0.423. The molecule has 1 aromatic carbocycles. The molecule has 0 N–H and O–H groups in total. The number of benzene rings is 1. The van der Waals surface area contributed by atoms with Crippen LogP contribution in [0.3, 0.4) is 0 Å². The second-order valence-corrected chi connectivity index (χ2v) is 5.54. The zero-order chi connectivity index (χ0) is 9.76. The molecule has 2 aliphatic carbocycles. The van der Waals surface area contributed by atoms with Gasteiger partial charge in [-0.05, 0) is 53.7 Å². The van der Waals surface area contributed by atoms with Gasteiger partial charge in [-0.1, -0.05) is 32.0 Å². The maximum absolute atomic E-state index is 2.40. The number of hydrogen-bond acceptors (Lipinski definition) is 0. The molecule has 0 aromatic heterocycles. The summed E-state index contributed by atoms with van der Waals surface area (Å²) in [7, 11) is 0. The van der Waals surface area contributed by atoms with Crippen LogP contribution in [0.4, 0.5) is 0 Å².